The molecule has 3 nitrogen and oxygen atoms in total. The van der Waals surface area contributed by atoms with E-state index in [1.54, 1.807) is 0 Å². The molecule has 0 unspecified atom stereocenters. The highest BCUT2D eigenvalue weighted by molar-refractivity contribution is 4.85. The molecule has 0 aromatic carbocycles. The maximum Gasteiger partial charge on any atom is 0.171 e. The largest absolute Gasteiger partial charge is 0.344 e. The molecule has 0 aliphatic carbocycles. The topological polar surface area (TPSA) is 30.5 Å². The highest BCUT2D eigenvalue weighted by atomic mass is 16.8. The second-order valence-electron chi connectivity index (χ2n) is 3.81. The Kier molecular flexibility index (Phi) is 2.10. The maximum atomic E-state index is 5.84. The smallest absolute Gasteiger partial charge is 0.171 e. The molecular formula is C9H17NO2. The van der Waals surface area contributed by atoms with E-state index in [4.69, 9.17) is 9.47 Å². The first kappa shape index (κ1) is 8.48. The fourth-order valence-electron chi connectivity index (χ4n) is 1.94. The van der Waals surface area contributed by atoms with Crippen LogP contribution in [0, 0.1) is 0 Å². The summed E-state index contributed by atoms with van der Waals surface area (Å²) in [6, 6.07) is 0. The Bertz CT molecular complexity index is 154. The van der Waals surface area contributed by atoms with Crippen LogP contribution in [0.15, 0.2) is 0 Å². The van der Waals surface area contributed by atoms with Crippen LogP contribution in [0.4, 0.5) is 0 Å². The fraction of sp³-hybridized carbons (Fsp3) is 1.00. The monoisotopic (exact) mass is 171 g/mol. The van der Waals surface area contributed by atoms with Crippen LogP contribution in [0.25, 0.3) is 0 Å². The van der Waals surface area contributed by atoms with Crippen molar-refractivity contribution in [2.45, 2.75) is 44.7 Å². The minimum atomic E-state index is -0.246. The Hall–Kier alpha value is -0.120. The van der Waals surface area contributed by atoms with Crippen LogP contribution in [0.5, 0.6) is 0 Å². The second-order valence-corrected chi connectivity index (χ2v) is 3.81. The van der Waals surface area contributed by atoms with E-state index >= 15 is 0 Å². The molecule has 2 aliphatic heterocycles. The molecule has 1 N–H and O–H groups in total. The standard InChI is InChI=1S/C9H17NO2/c1-7-8(2)12-9(11-7)3-5-10-6-4-9/h7-8,10H,3-6H2,1-2H3/t7-,8-/m0/s1. The predicted molar refractivity (Wildman–Crippen MR) is 45.9 cm³/mol. The fourth-order valence-corrected chi connectivity index (χ4v) is 1.94. The van der Waals surface area contributed by atoms with Gasteiger partial charge in [0.05, 0.1) is 12.2 Å². The highest BCUT2D eigenvalue weighted by Gasteiger charge is 2.44. The van der Waals surface area contributed by atoms with Gasteiger partial charge in [-0.05, 0) is 13.8 Å². The highest BCUT2D eigenvalue weighted by Crippen LogP contribution is 2.35. The van der Waals surface area contributed by atoms with Crippen molar-refractivity contribution in [3.63, 3.8) is 0 Å². The van der Waals surface area contributed by atoms with Gasteiger partial charge < -0.3 is 14.8 Å². The normalized spacial score (nSPS) is 40.5. The van der Waals surface area contributed by atoms with Crippen molar-refractivity contribution in [2.24, 2.45) is 0 Å². The molecule has 2 atom stereocenters. The Balaban J connectivity index is 2.02. The summed E-state index contributed by atoms with van der Waals surface area (Å²) in [7, 11) is 0. The van der Waals surface area contributed by atoms with E-state index in [9.17, 15) is 0 Å². The zero-order valence-corrected chi connectivity index (χ0v) is 7.80. The quantitative estimate of drug-likeness (QED) is 0.587. The molecule has 1 spiro atoms. The second kappa shape index (κ2) is 2.98. The van der Waals surface area contributed by atoms with Crippen LogP contribution >= 0.6 is 0 Å². The van der Waals surface area contributed by atoms with Gasteiger partial charge in [0.15, 0.2) is 5.79 Å². The first-order valence-corrected chi connectivity index (χ1v) is 4.78. The van der Waals surface area contributed by atoms with E-state index in [2.05, 4.69) is 19.2 Å². The molecule has 2 fully saturated rings. The first-order chi connectivity index (χ1) is 5.72. The third-order valence-corrected chi connectivity index (χ3v) is 2.83. The summed E-state index contributed by atoms with van der Waals surface area (Å²) in [5.41, 5.74) is 0. The van der Waals surface area contributed by atoms with E-state index in [-0.39, 0.29) is 18.0 Å². The van der Waals surface area contributed by atoms with Crippen LogP contribution in [0.3, 0.4) is 0 Å². The van der Waals surface area contributed by atoms with Crippen molar-refractivity contribution in [2.75, 3.05) is 13.1 Å². The van der Waals surface area contributed by atoms with Crippen molar-refractivity contribution < 1.29 is 9.47 Å². The average molecular weight is 171 g/mol. The molecule has 0 aromatic heterocycles. The third kappa shape index (κ3) is 1.37. The molecule has 0 amide bonds. The summed E-state index contributed by atoms with van der Waals surface area (Å²) < 4.78 is 11.7. The van der Waals surface area contributed by atoms with Gasteiger partial charge in [-0.25, -0.2) is 0 Å². The van der Waals surface area contributed by atoms with Gasteiger partial charge in [-0.3, -0.25) is 0 Å². The number of rotatable bonds is 0. The van der Waals surface area contributed by atoms with Gasteiger partial charge in [-0.2, -0.15) is 0 Å². The van der Waals surface area contributed by atoms with Gasteiger partial charge in [0.25, 0.3) is 0 Å². The van der Waals surface area contributed by atoms with Crippen LogP contribution in [0.2, 0.25) is 0 Å². The molecule has 2 heterocycles. The van der Waals surface area contributed by atoms with E-state index in [1.165, 1.54) is 0 Å². The van der Waals surface area contributed by atoms with Gasteiger partial charge in [0.2, 0.25) is 0 Å². The molecule has 12 heavy (non-hydrogen) atoms. The molecule has 2 aliphatic rings. The molecule has 2 rings (SSSR count). The summed E-state index contributed by atoms with van der Waals surface area (Å²) in [5, 5.41) is 3.31. The average Bonchev–Trinajstić information content (AvgIpc) is 2.29. The zero-order valence-electron chi connectivity index (χ0n) is 7.80. The minimum Gasteiger partial charge on any atom is -0.344 e. The van der Waals surface area contributed by atoms with Gasteiger partial charge >= 0.3 is 0 Å². The third-order valence-electron chi connectivity index (χ3n) is 2.83. The van der Waals surface area contributed by atoms with Gasteiger partial charge in [-0.1, -0.05) is 0 Å². The van der Waals surface area contributed by atoms with Crippen molar-refractivity contribution in [1.82, 2.24) is 5.32 Å². The molecular weight excluding hydrogens is 154 g/mol. The van der Waals surface area contributed by atoms with E-state index in [1.807, 2.05) is 0 Å². The van der Waals surface area contributed by atoms with Gasteiger partial charge in [0.1, 0.15) is 0 Å². The molecule has 2 saturated heterocycles. The number of nitrogens with one attached hydrogen (secondary N) is 1. The van der Waals surface area contributed by atoms with Crippen molar-refractivity contribution in [3.8, 4) is 0 Å². The van der Waals surface area contributed by atoms with Crippen LogP contribution < -0.4 is 5.32 Å². The molecule has 3 heteroatoms. The lowest BCUT2D eigenvalue weighted by Gasteiger charge is -2.32. The Morgan fingerprint density at radius 3 is 2.08 bits per heavy atom. The number of piperidine rings is 1. The summed E-state index contributed by atoms with van der Waals surface area (Å²) in [5.74, 6) is -0.246. The molecule has 0 saturated carbocycles. The van der Waals surface area contributed by atoms with Gasteiger partial charge in [0, 0.05) is 25.9 Å². The van der Waals surface area contributed by atoms with Crippen LogP contribution in [-0.4, -0.2) is 31.1 Å². The minimum absolute atomic E-state index is 0.246. The SMILES string of the molecule is C[C@@H]1OC2(CCNCC2)O[C@H]1C. The number of hydrogen-bond acceptors (Lipinski definition) is 3. The summed E-state index contributed by atoms with van der Waals surface area (Å²) in [4.78, 5) is 0. The van der Waals surface area contributed by atoms with E-state index < -0.39 is 0 Å². The Labute approximate surface area is 73.4 Å². The van der Waals surface area contributed by atoms with Gasteiger partial charge in [-0.15, -0.1) is 0 Å². The zero-order chi connectivity index (χ0) is 8.60. The summed E-state index contributed by atoms with van der Waals surface area (Å²) in [6.45, 7) is 6.20. The number of hydrogen-bond donors (Lipinski definition) is 1. The number of ether oxygens (including phenoxy) is 2. The van der Waals surface area contributed by atoms with E-state index in [0.717, 1.165) is 25.9 Å². The summed E-state index contributed by atoms with van der Waals surface area (Å²) in [6.07, 6.45) is 2.48. The maximum absolute atomic E-state index is 5.84. The lowest BCUT2D eigenvalue weighted by Crippen LogP contribution is -2.43. The van der Waals surface area contributed by atoms with Crippen molar-refractivity contribution in [3.05, 3.63) is 0 Å². The van der Waals surface area contributed by atoms with Crippen molar-refractivity contribution in [1.29, 1.82) is 0 Å². The molecule has 0 radical (unpaired) electrons. The van der Waals surface area contributed by atoms with Crippen molar-refractivity contribution >= 4 is 0 Å². The molecule has 0 bridgehead atoms. The molecule has 0 aromatic rings. The Morgan fingerprint density at radius 1 is 1.08 bits per heavy atom. The lowest BCUT2D eigenvalue weighted by molar-refractivity contribution is -0.187. The summed E-state index contributed by atoms with van der Waals surface area (Å²) >= 11 is 0. The molecule has 70 valence electrons. The lowest BCUT2D eigenvalue weighted by atomic mass is 10.1. The van der Waals surface area contributed by atoms with Crippen LogP contribution in [-0.2, 0) is 9.47 Å². The first-order valence-electron chi connectivity index (χ1n) is 4.78. The Morgan fingerprint density at radius 2 is 1.58 bits per heavy atom. The van der Waals surface area contributed by atoms with E-state index in [0.29, 0.717) is 0 Å². The van der Waals surface area contributed by atoms with Crippen LogP contribution in [0.1, 0.15) is 26.7 Å². The predicted octanol–water partition coefficient (Wildman–Crippen LogP) is 0.890.